The summed E-state index contributed by atoms with van der Waals surface area (Å²) < 4.78 is 0. The molecule has 738 valence electrons. The van der Waals surface area contributed by atoms with Gasteiger partial charge in [-0.05, 0) is 194 Å². The number of nitrogens with one attached hydrogen (secondary N) is 7. The first-order chi connectivity index (χ1) is 68.0. The first-order valence-electron chi connectivity index (χ1n) is 40.1. The maximum absolute atomic E-state index is 12.0. The number of benzene rings is 14. The molecule has 0 saturated heterocycles. The standard InChI is InChI=1S/2C14H11NO7.2C14H11NO6.C14H11NO5.2C14H11NO4/c16-7-1-2-9(8(5-7)14(21)22)15-13(20)6-3-10(17)12(19)11(18)4-6;16-7-1-2-8(14(21)22)9(5-7)15-13(20)6-3-10(17)12(19)11(18)4-6;16-8-2-3-10(9(6-8)14(20)21)15-13(19)7-1-4-11(17)12(18)5-7;16-7-1-3-9(14(20)21)11(5-7)15-13(19)10-4-2-8(17)6-12(10)18;16-8-5-6-9(14(19)20)11(7-8)15-13(18)10-3-1-2-4-12(10)17;16-12-8-4-2-6-10(12)13(17)15-11-7-3-1-5-9(11)14(18)19;16-10-5-3-4-9(8-10)13(17)15-12-7-2-1-6-11(12)14(18)19/h2*1-5,16-19H,(H,15,20)(H,21,22);2*1-6,16-18H,(H,15,19)(H,20,21);1-7,16-17H,(H,15,18)(H,19,20);2*1-8,16H,(H,15,17)(H,18,19). The Kier molecular flexibility index (Phi) is 36.4. The number of amides is 7. The van der Waals surface area contributed by atoms with E-state index in [1.807, 2.05) is 0 Å². The van der Waals surface area contributed by atoms with Crippen LogP contribution in [0.1, 0.15) is 145 Å². The third kappa shape index (κ3) is 29.8. The monoisotopic (exact) mass is 1980 g/mol. The van der Waals surface area contributed by atoms with Crippen LogP contribution in [0.25, 0.3) is 0 Å². The SMILES string of the molecule is O=C(Nc1cc(O)ccc1C(=O)O)c1cc(O)c(O)c(O)c1.O=C(Nc1cc(O)ccc1C(=O)O)c1ccc(O)cc1O.O=C(Nc1cc(O)ccc1C(=O)O)c1ccccc1O.O=C(Nc1ccc(O)cc1C(=O)O)c1cc(O)c(O)c(O)c1.O=C(Nc1ccc(O)cc1C(=O)O)c1ccc(O)c(O)c1.O=C(Nc1ccccc1C(=O)O)c1cccc(O)c1.O=C(Nc1ccccc1C(=O)O)c1ccccc1O. The Bertz CT molecular complexity index is 7300. The van der Waals surface area contributed by atoms with E-state index in [9.17, 15) is 154 Å². The minimum Gasteiger partial charge on any atom is -0.508 e. The molecule has 46 heteroatoms. The van der Waals surface area contributed by atoms with Crippen LogP contribution >= 0.6 is 0 Å². The normalized spacial score (nSPS) is 10.1. The van der Waals surface area contributed by atoms with Gasteiger partial charge >= 0.3 is 41.8 Å². The lowest BCUT2D eigenvalue weighted by Gasteiger charge is -2.10. The van der Waals surface area contributed by atoms with E-state index in [0.717, 1.165) is 91.0 Å². The zero-order valence-corrected chi connectivity index (χ0v) is 72.9. The van der Waals surface area contributed by atoms with Gasteiger partial charge in [-0.2, -0.15) is 0 Å². The molecule has 0 aliphatic rings. The second-order valence-electron chi connectivity index (χ2n) is 28.8. The van der Waals surface area contributed by atoms with Crippen LogP contribution in [0, 0.1) is 0 Å². The summed E-state index contributed by atoms with van der Waals surface area (Å²) in [7, 11) is 0. The second kappa shape index (κ2) is 48.8. The van der Waals surface area contributed by atoms with Gasteiger partial charge in [0.1, 0.15) is 57.5 Å². The van der Waals surface area contributed by atoms with Gasteiger partial charge in [0.15, 0.2) is 46.0 Å². The molecule has 14 aromatic carbocycles. The smallest absolute Gasteiger partial charge is 0.337 e. The highest BCUT2D eigenvalue weighted by atomic mass is 16.4. The Morgan fingerprint density at radius 3 is 0.715 bits per heavy atom. The molecule has 0 unspecified atom stereocenters. The predicted octanol–water partition coefficient (Wildman–Crippen LogP) is 13.2. The molecule has 0 spiro atoms. The molecule has 0 aliphatic carbocycles. The fourth-order valence-electron chi connectivity index (χ4n) is 11.8. The molecule has 0 aliphatic heterocycles. The molecular formula is C98H77N7O39. The van der Waals surface area contributed by atoms with Gasteiger partial charge in [-0.1, -0.05) is 54.6 Å². The van der Waals surface area contributed by atoms with Crippen molar-refractivity contribution in [1.29, 1.82) is 0 Å². The Hall–Kier alpha value is -21.9. The van der Waals surface area contributed by atoms with Gasteiger partial charge in [0.05, 0.1) is 95.4 Å². The van der Waals surface area contributed by atoms with Crippen LogP contribution in [0.15, 0.2) is 273 Å². The summed E-state index contributed by atoms with van der Waals surface area (Å²) in [6.07, 6.45) is 0. The molecule has 0 radical (unpaired) electrons. The zero-order valence-electron chi connectivity index (χ0n) is 72.9. The van der Waals surface area contributed by atoms with Crippen molar-refractivity contribution in [2.45, 2.75) is 0 Å². The summed E-state index contributed by atoms with van der Waals surface area (Å²) >= 11 is 0. The van der Waals surface area contributed by atoms with Crippen molar-refractivity contribution in [3.63, 3.8) is 0 Å². The van der Waals surface area contributed by atoms with Crippen molar-refractivity contribution in [2.75, 3.05) is 37.2 Å². The number of aromatic hydroxyl groups is 18. The summed E-state index contributed by atoms with van der Waals surface area (Å²) in [6.45, 7) is 0. The molecule has 14 aromatic rings. The summed E-state index contributed by atoms with van der Waals surface area (Å²) in [5.74, 6) is -21.0. The number of carboxylic acid groups (broad SMARTS) is 7. The van der Waals surface area contributed by atoms with Crippen molar-refractivity contribution < 1.29 is 195 Å². The molecular weight excluding hydrogens is 1900 g/mol. The lowest BCUT2D eigenvalue weighted by molar-refractivity contribution is 0.0686. The number of phenols is 18. The Balaban J connectivity index is 0.000000205. The largest absolute Gasteiger partial charge is 0.508 e. The molecule has 0 fully saturated rings. The average molecular weight is 1980 g/mol. The first-order valence-corrected chi connectivity index (χ1v) is 40.1. The van der Waals surface area contributed by atoms with Gasteiger partial charge in [0.2, 0.25) is 0 Å². The van der Waals surface area contributed by atoms with Gasteiger partial charge in [-0.15, -0.1) is 0 Å². The van der Waals surface area contributed by atoms with Crippen LogP contribution in [0.5, 0.6) is 103 Å². The highest BCUT2D eigenvalue weighted by Crippen LogP contribution is 2.39. The number of phenolic OH excluding ortho intramolecular Hbond substituents is 18. The van der Waals surface area contributed by atoms with E-state index < -0.39 is 129 Å². The van der Waals surface area contributed by atoms with E-state index in [1.165, 1.54) is 133 Å². The van der Waals surface area contributed by atoms with Crippen molar-refractivity contribution in [2.24, 2.45) is 0 Å². The van der Waals surface area contributed by atoms with E-state index in [1.54, 1.807) is 48.5 Å². The number of carbonyl (C=O) groups is 14. The van der Waals surface area contributed by atoms with Gasteiger partial charge in [0, 0.05) is 46.5 Å². The van der Waals surface area contributed by atoms with Crippen LogP contribution < -0.4 is 37.2 Å². The van der Waals surface area contributed by atoms with Gasteiger partial charge in [-0.25, -0.2) is 33.6 Å². The van der Waals surface area contributed by atoms with Crippen LogP contribution in [0.4, 0.5) is 39.8 Å². The summed E-state index contributed by atoms with van der Waals surface area (Å²) in [5, 5.41) is 248. The fraction of sp³-hybridized carbons (Fsp3) is 0. The lowest BCUT2D eigenvalue weighted by Crippen LogP contribution is -2.14. The number of rotatable bonds is 21. The second-order valence-corrected chi connectivity index (χ2v) is 28.8. The number of aromatic carboxylic acids is 7. The fourth-order valence-corrected chi connectivity index (χ4v) is 11.8. The maximum Gasteiger partial charge on any atom is 0.337 e. The third-order valence-corrected chi connectivity index (χ3v) is 18.8. The number of para-hydroxylation sites is 4. The minimum atomic E-state index is -1.36. The van der Waals surface area contributed by atoms with Crippen LogP contribution in [0.2, 0.25) is 0 Å². The Morgan fingerprint density at radius 1 is 0.146 bits per heavy atom. The van der Waals surface area contributed by atoms with Crippen molar-refractivity contribution in [3.05, 3.63) is 351 Å². The number of hydrogen-bond acceptors (Lipinski definition) is 32. The van der Waals surface area contributed by atoms with Crippen molar-refractivity contribution in [1.82, 2.24) is 0 Å². The third-order valence-electron chi connectivity index (χ3n) is 18.8. The van der Waals surface area contributed by atoms with Gasteiger partial charge in [0.25, 0.3) is 41.4 Å². The molecule has 7 amide bonds. The molecule has 0 heterocycles. The van der Waals surface area contributed by atoms with E-state index in [0.29, 0.717) is 0 Å². The van der Waals surface area contributed by atoms with E-state index in [4.69, 9.17) is 40.9 Å². The number of hydrogen-bond donors (Lipinski definition) is 32. The molecule has 0 bridgehead atoms. The first kappa shape index (κ1) is 107. The predicted molar refractivity (Wildman–Crippen MR) is 505 cm³/mol. The van der Waals surface area contributed by atoms with Gasteiger partial charge < -0.3 is 165 Å². The highest BCUT2D eigenvalue weighted by Gasteiger charge is 2.25. The quantitative estimate of drug-likeness (QED) is 0.0235. The summed E-state index contributed by atoms with van der Waals surface area (Å²) in [5.41, 5.74) is -1.41. The van der Waals surface area contributed by atoms with Crippen molar-refractivity contribution in [3.8, 4) is 103 Å². The van der Waals surface area contributed by atoms with Crippen LogP contribution in [-0.4, -0.2) is 211 Å². The maximum atomic E-state index is 12.0. The molecule has 14 rings (SSSR count). The van der Waals surface area contributed by atoms with Crippen LogP contribution in [-0.2, 0) is 0 Å². The highest BCUT2D eigenvalue weighted by molar-refractivity contribution is 6.14. The zero-order chi connectivity index (χ0) is 106. The van der Waals surface area contributed by atoms with E-state index in [2.05, 4.69) is 37.2 Å². The number of anilines is 7. The molecule has 0 atom stereocenters. The van der Waals surface area contributed by atoms with Crippen LogP contribution in [0.3, 0.4) is 0 Å². The number of carbonyl (C=O) groups excluding carboxylic acids is 7. The van der Waals surface area contributed by atoms with Crippen molar-refractivity contribution >= 4 is 123 Å². The molecule has 46 nitrogen and oxygen atoms in total. The van der Waals surface area contributed by atoms with E-state index >= 15 is 0 Å². The molecule has 0 aromatic heterocycles. The molecule has 32 N–H and O–H groups in total. The number of carboxylic acids is 7. The lowest BCUT2D eigenvalue weighted by atomic mass is 10.1. The summed E-state index contributed by atoms with van der Waals surface area (Å²) in [6, 6.07) is 57.4. The van der Waals surface area contributed by atoms with Gasteiger partial charge in [-0.3, -0.25) is 33.6 Å². The molecule has 0 saturated carbocycles. The van der Waals surface area contributed by atoms with E-state index in [-0.39, 0.29) is 175 Å². The topological polar surface area (TPSA) is 829 Å². The summed E-state index contributed by atoms with van der Waals surface area (Å²) in [4.78, 5) is 161. The Morgan fingerprint density at radius 2 is 0.389 bits per heavy atom. The molecule has 144 heavy (non-hydrogen) atoms. The average Bonchev–Trinajstić information content (AvgIpc) is 0.831. The Labute approximate surface area is 805 Å². The minimum absolute atomic E-state index is 0.00198.